The van der Waals surface area contributed by atoms with Crippen LogP contribution in [0.25, 0.3) is 0 Å². The van der Waals surface area contributed by atoms with Gasteiger partial charge in [-0.25, -0.2) is 9.89 Å². The van der Waals surface area contributed by atoms with Crippen molar-refractivity contribution in [1.29, 1.82) is 0 Å². The van der Waals surface area contributed by atoms with Crippen LogP contribution in [0.4, 0.5) is 5.69 Å². The van der Waals surface area contributed by atoms with Crippen LogP contribution in [0.1, 0.15) is 23.6 Å². The maximum atomic E-state index is 12.5. The Labute approximate surface area is 190 Å². The van der Waals surface area contributed by atoms with Gasteiger partial charge in [0.15, 0.2) is 5.16 Å². The summed E-state index contributed by atoms with van der Waals surface area (Å²) in [5, 5.41) is 11.9. The van der Waals surface area contributed by atoms with Crippen LogP contribution in [0.3, 0.4) is 0 Å². The number of nitrogens with zero attached hydrogens (tertiary/aromatic N) is 2. The minimum atomic E-state index is -0.534. The van der Waals surface area contributed by atoms with Crippen molar-refractivity contribution in [3.63, 3.8) is 0 Å². The Bertz CT molecular complexity index is 1120. The normalized spacial score (nSPS) is 11.7. The van der Waals surface area contributed by atoms with E-state index in [0.29, 0.717) is 18.1 Å². The number of aryl methyl sites for hydroxylation is 3. The number of anilines is 1. The number of hydrogen-bond acceptors (Lipinski definition) is 5. The van der Waals surface area contributed by atoms with Crippen molar-refractivity contribution in [3.05, 3.63) is 75.7 Å². The smallest absolute Gasteiger partial charge is 0.343 e. The molecule has 2 amide bonds. The number of thioether (sulfide) groups is 1. The monoisotopic (exact) mass is 453 g/mol. The first kappa shape index (κ1) is 23.3. The summed E-state index contributed by atoms with van der Waals surface area (Å²) >= 11 is 1.17. The molecule has 0 aliphatic rings. The highest BCUT2D eigenvalue weighted by Gasteiger charge is 2.20. The standard InChI is InChI=1S/C23H27N5O3S/c1-15-8-7-9-16(2)20(15)25-19(29)14-24-21(30)17(3)32-23-27-26-22(31)28(23)13-12-18-10-5-4-6-11-18/h4-11,17H,12-14H2,1-3H3,(H,24,30)(H,25,29)(H,26,31). The summed E-state index contributed by atoms with van der Waals surface area (Å²) in [6.45, 7) is 5.86. The maximum Gasteiger partial charge on any atom is 0.343 e. The number of aromatic nitrogens is 3. The molecular formula is C23H27N5O3S. The minimum absolute atomic E-state index is 0.140. The van der Waals surface area contributed by atoms with Gasteiger partial charge in [0.1, 0.15) is 0 Å². The van der Waals surface area contributed by atoms with E-state index in [1.807, 2.05) is 62.4 Å². The van der Waals surface area contributed by atoms with Crippen molar-refractivity contribution in [2.75, 3.05) is 11.9 Å². The van der Waals surface area contributed by atoms with Crippen LogP contribution in [0.15, 0.2) is 58.5 Å². The van der Waals surface area contributed by atoms with Crippen LogP contribution in [-0.4, -0.2) is 38.4 Å². The molecule has 3 aromatic rings. The van der Waals surface area contributed by atoms with Gasteiger partial charge < -0.3 is 10.6 Å². The van der Waals surface area contributed by atoms with Crippen molar-refractivity contribution in [2.45, 2.75) is 44.1 Å². The van der Waals surface area contributed by atoms with Crippen molar-refractivity contribution in [1.82, 2.24) is 20.1 Å². The van der Waals surface area contributed by atoms with Crippen LogP contribution < -0.4 is 16.3 Å². The number of carbonyl (C=O) groups excluding carboxylic acids is 2. The molecule has 0 fully saturated rings. The zero-order chi connectivity index (χ0) is 23.1. The van der Waals surface area contributed by atoms with Crippen molar-refractivity contribution < 1.29 is 9.59 Å². The maximum absolute atomic E-state index is 12.5. The highest BCUT2D eigenvalue weighted by Crippen LogP contribution is 2.21. The largest absolute Gasteiger partial charge is 0.346 e. The molecule has 0 aliphatic heterocycles. The Morgan fingerprint density at radius 1 is 1.09 bits per heavy atom. The summed E-state index contributed by atoms with van der Waals surface area (Å²) in [5.41, 5.74) is 3.47. The third kappa shape index (κ3) is 6.10. The van der Waals surface area contributed by atoms with Crippen molar-refractivity contribution in [2.24, 2.45) is 0 Å². The Hall–Kier alpha value is -3.33. The molecule has 0 saturated carbocycles. The van der Waals surface area contributed by atoms with E-state index < -0.39 is 5.25 Å². The molecule has 0 spiro atoms. The highest BCUT2D eigenvalue weighted by molar-refractivity contribution is 8.00. The van der Waals surface area contributed by atoms with E-state index in [1.54, 1.807) is 6.92 Å². The number of amides is 2. The van der Waals surface area contributed by atoms with E-state index in [0.717, 1.165) is 22.4 Å². The average Bonchev–Trinajstić information content (AvgIpc) is 3.12. The van der Waals surface area contributed by atoms with Crippen LogP contribution >= 0.6 is 11.8 Å². The van der Waals surface area contributed by atoms with Crippen molar-refractivity contribution in [3.8, 4) is 0 Å². The van der Waals surface area contributed by atoms with E-state index in [1.165, 1.54) is 16.3 Å². The lowest BCUT2D eigenvalue weighted by molar-refractivity contribution is -0.123. The third-order valence-corrected chi connectivity index (χ3v) is 6.10. The number of H-pyrrole nitrogens is 1. The van der Waals surface area contributed by atoms with Gasteiger partial charge in [0, 0.05) is 12.2 Å². The van der Waals surface area contributed by atoms with Crippen LogP contribution in [0, 0.1) is 13.8 Å². The van der Waals surface area contributed by atoms with Gasteiger partial charge >= 0.3 is 5.69 Å². The first-order valence-corrected chi connectivity index (χ1v) is 11.2. The molecule has 3 N–H and O–H groups in total. The molecule has 1 unspecified atom stereocenters. The average molecular weight is 454 g/mol. The number of nitrogens with one attached hydrogen (secondary N) is 3. The topological polar surface area (TPSA) is 109 Å². The molecule has 32 heavy (non-hydrogen) atoms. The van der Waals surface area contributed by atoms with Gasteiger partial charge in [0.25, 0.3) is 0 Å². The SMILES string of the molecule is Cc1cccc(C)c1NC(=O)CNC(=O)C(C)Sc1n[nH]c(=O)n1CCc1ccccc1. The fourth-order valence-electron chi connectivity index (χ4n) is 3.19. The lowest BCUT2D eigenvalue weighted by Crippen LogP contribution is -2.37. The first-order chi connectivity index (χ1) is 15.3. The summed E-state index contributed by atoms with van der Waals surface area (Å²) in [6.07, 6.45) is 0.674. The molecule has 0 saturated heterocycles. The third-order valence-electron chi connectivity index (χ3n) is 5.01. The van der Waals surface area contributed by atoms with Crippen LogP contribution in [0.2, 0.25) is 0 Å². The quantitative estimate of drug-likeness (QED) is 0.432. The molecule has 1 atom stereocenters. The molecule has 1 heterocycles. The lowest BCUT2D eigenvalue weighted by atomic mass is 10.1. The zero-order valence-corrected chi connectivity index (χ0v) is 19.2. The number of carbonyl (C=O) groups is 2. The number of aromatic amines is 1. The Balaban J connectivity index is 1.53. The number of benzene rings is 2. The van der Waals surface area contributed by atoms with Gasteiger partial charge in [-0.05, 0) is 43.9 Å². The molecule has 168 valence electrons. The second-order valence-electron chi connectivity index (χ2n) is 7.49. The second kappa shape index (κ2) is 10.8. The Kier molecular flexibility index (Phi) is 7.88. The van der Waals surface area contributed by atoms with E-state index in [4.69, 9.17) is 0 Å². The molecular weight excluding hydrogens is 426 g/mol. The van der Waals surface area contributed by atoms with Crippen LogP contribution in [0.5, 0.6) is 0 Å². The predicted octanol–water partition coefficient (Wildman–Crippen LogP) is 2.67. The minimum Gasteiger partial charge on any atom is -0.346 e. The van der Waals surface area contributed by atoms with Gasteiger partial charge in [0.2, 0.25) is 11.8 Å². The molecule has 0 bridgehead atoms. The van der Waals surface area contributed by atoms with Crippen molar-refractivity contribution >= 4 is 29.3 Å². The summed E-state index contributed by atoms with van der Waals surface area (Å²) in [7, 11) is 0. The molecule has 8 nitrogen and oxygen atoms in total. The molecule has 0 aliphatic carbocycles. The summed E-state index contributed by atoms with van der Waals surface area (Å²) in [6, 6.07) is 15.6. The zero-order valence-electron chi connectivity index (χ0n) is 18.3. The molecule has 1 aromatic heterocycles. The summed E-state index contributed by atoms with van der Waals surface area (Å²) < 4.78 is 1.52. The molecule has 2 aromatic carbocycles. The number of rotatable bonds is 9. The van der Waals surface area contributed by atoms with Gasteiger partial charge in [-0.1, -0.05) is 60.3 Å². The first-order valence-electron chi connectivity index (χ1n) is 10.3. The molecule has 3 rings (SSSR count). The van der Waals surface area contributed by atoms with E-state index in [-0.39, 0.29) is 24.0 Å². The fraction of sp³-hybridized carbons (Fsp3) is 0.304. The lowest BCUT2D eigenvalue weighted by Gasteiger charge is -2.14. The van der Waals surface area contributed by atoms with E-state index >= 15 is 0 Å². The molecule has 9 heteroatoms. The van der Waals surface area contributed by atoms with E-state index in [9.17, 15) is 14.4 Å². The van der Waals surface area contributed by atoms with Gasteiger partial charge in [0.05, 0.1) is 11.8 Å². The van der Waals surface area contributed by atoms with Gasteiger partial charge in [-0.3, -0.25) is 14.2 Å². The number of hydrogen-bond donors (Lipinski definition) is 3. The fourth-order valence-corrected chi connectivity index (χ4v) is 4.10. The van der Waals surface area contributed by atoms with Crippen LogP contribution in [-0.2, 0) is 22.6 Å². The van der Waals surface area contributed by atoms with Gasteiger partial charge in [-0.2, -0.15) is 0 Å². The Morgan fingerprint density at radius 2 is 1.78 bits per heavy atom. The number of para-hydroxylation sites is 1. The van der Waals surface area contributed by atoms with Gasteiger partial charge in [-0.15, -0.1) is 5.10 Å². The van der Waals surface area contributed by atoms with E-state index in [2.05, 4.69) is 20.8 Å². The second-order valence-corrected chi connectivity index (χ2v) is 8.80. The Morgan fingerprint density at radius 3 is 2.47 bits per heavy atom. The summed E-state index contributed by atoms with van der Waals surface area (Å²) in [5.74, 6) is -0.607. The highest BCUT2D eigenvalue weighted by atomic mass is 32.2. The predicted molar refractivity (Wildman–Crippen MR) is 126 cm³/mol. The molecule has 0 radical (unpaired) electrons. The summed E-state index contributed by atoms with van der Waals surface area (Å²) in [4.78, 5) is 36.9.